The average Bonchev–Trinajstić information content (AvgIpc) is 2.64. The quantitative estimate of drug-likeness (QED) is 0.835. The minimum Gasteiger partial charge on any atom is -0.233 e. The summed E-state index contributed by atoms with van der Waals surface area (Å²) in [6.45, 7) is 4.31. The number of alkyl halides is 1. The molecule has 0 atom stereocenters. The SMILES string of the molecule is CC(C)(CBr)c1cnc2n[nH]nc2c1. The Morgan fingerprint density at radius 3 is 2.93 bits per heavy atom. The van der Waals surface area contributed by atoms with E-state index in [1.807, 2.05) is 12.3 Å². The van der Waals surface area contributed by atoms with Gasteiger partial charge in [0.05, 0.1) is 0 Å². The number of H-pyrrole nitrogens is 1. The van der Waals surface area contributed by atoms with Gasteiger partial charge in [-0.15, -0.1) is 5.10 Å². The van der Waals surface area contributed by atoms with Crippen LogP contribution in [0.1, 0.15) is 19.4 Å². The molecule has 0 unspecified atom stereocenters. The number of aromatic nitrogens is 4. The van der Waals surface area contributed by atoms with E-state index in [-0.39, 0.29) is 5.41 Å². The van der Waals surface area contributed by atoms with Gasteiger partial charge >= 0.3 is 0 Å². The Bertz CT molecular complexity index is 449. The molecule has 2 rings (SSSR count). The second kappa shape index (κ2) is 3.31. The summed E-state index contributed by atoms with van der Waals surface area (Å²) in [6, 6.07) is 2.02. The Hall–Kier alpha value is -0.970. The molecule has 0 saturated carbocycles. The fraction of sp³-hybridized carbons (Fsp3) is 0.444. The van der Waals surface area contributed by atoms with Crippen molar-refractivity contribution < 1.29 is 0 Å². The summed E-state index contributed by atoms with van der Waals surface area (Å²) in [5, 5.41) is 11.4. The number of hydrogen-bond acceptors (Lipinski definition) is 3. The second-order valence-corrected chi connectivity index (χ2v) is 4.47. The van der Waals surface area contributed by atoms with Gasteiger partial charge in [0.1, 0.15) is 5.52 Å². The van der Waals surface area contributed by atoms with E-state index in [0.29, 0.717) is 5.65 Å². The largest absolute Gasteiger partial charge is 0.233 e. The molecular weight excluding hydrogens is 244 g/mol. The third kappa shape index (κ3) is 1.52. The zero-order valence-electron chi connectivity index (χ0n) is 8.08. The lowest BCUT2D eigenvalue weighted by Gasteiger charge is -2.21. The molecule has 0 bridgehead atoms. The van der Waals surface area contributed by atoms with Crippen molar-refractivity contribution in [2.45, 2.75) is 19.3 Å². The summed E-state index contributed by atoms with van der Waals surface area (Å²) >= 11 is 3.49. The Kier molecular flexibility index (Phi) is 2.26. The molecule has 5 heteroatoms. The molecule has 1 N–H and O–H groups in total. The summed E-state index contributed by atoms with van der Waals surface area (Å²) < 4.78 is 0. The highest BCUT2D eigenvalue weighted by Gasteiger charge is 2.20. The molecule has 0 aliphatic heterocycles. The summed E-state index contributed by atoms with van der Waals surface area (Å²) in [5.74, 6) is 0. The maximum Gasteiger partial charge on any atom is 0.201 e. The predicted molar refractivity (Wildman–Crippen MR) is 58.5 cm³/mol. The molecular formula is C9H11BrN4. The molecule has 0 aromatic carbocycles. The molecule has 2 heterocycles. The van der Waals surface area contributed by atoms with Gasteiger partial charge in [-0.25, -0.2) is 4.98 Å². The number of nitrogens with one attached hydrogen (secondary N) is 1. The maximum absolute atomic E-state index is 4.23. The second-order valence-electron chi connectivity index (χ2n) is 3.91. The molecule has 0 amide bonds. The number of aromatic amines is 1. The van der Waals surface area contributed by atoms with Gasteiger partial charge in [-0.1, -0.05) is 29.8 Å². The smallest absolute Gasteiger partial charge is 0.201 e. The van der Waals surface area contributed by atoms with Crippen molar-refractivity contribution in [2.75, 3.05) is 5.33 Å². The number of rotatable bonds is 2. The molecule has 2 aromatic rings. The van der Waals surface area contributed by atoms with Crippen LogP contribution >= 0.6 is 15.9 Å². The van der Waals surface area contributed by atoms with E-state index < -0.39 is 0 Å². The molecule has 2 aromatic heterocycles. The first kappa shape index (κ1) is 9.58. The summed E-state index contributed by atoms with van der Waals surface area (Å²) in [6.07, 6.45) is 1.85. The van der Waals surface area contributed by atoms with Crippen LogP contribution in [0.5, 0.6) is 0 Å². The van der Waals surface area contributed by atoms with E-state index in [2.05, 4.69) is 50.2 Å². The van der Waals surface area contributed by atoms with Crippen molar-refractivity contribution in [1.29, 1.82) is 0 Å². The molecule has 0 saturated heterocycles. The molecule has 0 spiro atoms. The summed E-state index contributed by atoms with van der Waals surface area (Å²) in [7, 11) is 0. The maximum atomic E-state index is 4.23. The molecule has 14 heavy (non-hydrogen) atoms. The average molecular weight is 255 g/mol. The van der Waals surface area contributed by atoms with Gasteiger partial charge in [0.15, 0.2) is 0 Å². The topological polar surface area (TPSA) is 54.5 Å². The lowest BCUT2D eigenvalue weighted by molar-refractivity contribution is 0.605. The number of pyridine rings is 1. The zero-order chi connectivity index (χ0) is 10.2. The monoisotopic (exact) mass is 254 g/mol. The third-order valence-electron chi connectivity index (χ3n) is 2.29. The molecule has 0 fully saturated rings. The third-order valence-corrected chi connectivity index (χ3v) is 3.69. The van der Waals surface area contributed by atoms with Gasteiger partial charge in [-0.05, 0) is 11.6 Å². The Morgan fingerprint density at radius 2 is 2.21 bits per heavy atom. The Balaban J connectivity index is 2.53. The molecule has 0 radical (unpaired) electrons. The van der Waals surface area contributed by atoms with E-state index in [4.69, 9.17) is 0 Å². The van der Waals surface area contributed by atoms with Crippen LogP contribution < -0.4 is 0 Å². The van der Waals surface area contributed by atoms with Gasteiger partial charge in [0, 0.05) is 16.9 Å². The van der Waals surface area contributed by atoms with Crippen LogP contribution in [-0.4, -0.2) is 25.7 Å². The highest BCUT2D eigenvalue weighted by molar-refractivity contribution is 9.09. The first-order valence-corrected chi connectivity index (χ1v) is 5.48. The summed E-state index contributed by atoms with van der Waals surface area (Å²) in [4.78, 5) is 4.23. The number of nitrogens with zero attached hydrogens (tertiary/aromatic N) is 3. The normalized spacial score (nSPS) is 12.2. The minimum absolute atomic E-state index is 0.0696. The van der Waals surface area contributed by atoms with Gasteiger partial charge in [0.25, 0.3) is 0 Å². The van der Waals surface area contributed by atoms with Crippen LogP contribution in [0.2, 0.25) is 0 Å². The van der Waals surface area contributed by atoms with Gasteiger partial charge in [0.2, 0.25) is 5.65 Å². The standard InChI is InChI=1S/C9H11BrN4/c1-9(2,5-10)6-3-7-8(11-4-6)13-14-12-7/h3-4H,5H2,1-2H3,(H,11,12,13,14). The highest BCUT2D eigenvalue weighted by Crippen LogP contribution is 2.25. The van der Waals surface area contributed by atoms with Crippen molar-refractivity contribution in [1.82, 2.24) is 20.4 Å². The van der Waals surface area contributed by atoms with E-state index in [1.165, 1.54) is 0 Å². The predicted octanol–water partition coefficient (Wildman–Crippen LogP) is 2.03. The first-order valence-electron chi connectivity index (χ1n) is 4.36. The Morgan fingerprint density at radius 1 is 1.43 bits per heavy atom. The van der Waals surface area contributed by atoms with Crippen molar-refractivity contribution in [3.05, 3.63) is 17.8 Å². The van der Waals surface area contributed by atoms with Crippen LogP contribution in [0.4, 0.5) is 0 Å². The van der Waals surface area contributed by atoms with Crippen LogP contribution in [-0.2, 0) is 5.41 Å². The van der Waals surface area contributed by atoms with E-state index in [1.54, 1.807) is 0 Å². The number of halogens is 1. The van der Waals surface area contributed by atoms with Crippen molar-refractivity contribution >= 4 is 27.1 Å². The van der Waals surface area contributed by atoms with Crippen molar-refractivity contribution in [3.63, 3.8) is 0 Å². The molecule has 4 nitrogen and oxygen atoms in total. The molecule has 0 aliphatic rings. The van der Waals surface area contributed by atoms with Gasteiger partial charge in [-0.3, -0.25) is 0 Å². The van der Waals surface area contributed by atoms with Crippen LogP contribution in [0.15, 0.2) is 12.3 Å². The van der Waals surface area contributed by atoms with Crippen LogP contribution in [0, 0.1) is 0 Å². The van der Waals surface area contributed by atoms with Gasteiger partial charge < -0.3 is 0 Å². The fourth-order valence-electron chi connectivity index (χ4n) is 1.19. The number of hydrogen-bond donors (Lipinski definition) is 1. The lowest BCUT2D eigenvalue weighted by Crippen LogP contribution is -2.18. The Labute approximate surface area is 90.2 Å². The van der Waals surface area contributed by atoms with Crippen LogP contribution in [0.25, 0.3) is 11.2 Å². The first-order chi connectivity index (χ1) is 6.63. The highest BCUT2D eigenvalue weighted by atomic mass is 79.9. The lowest BCUT2D eigenvalue weighted by atomic mass is 9.88. The minimum atomic E-state index is 0.0696. The van der Waals surface area contributed by atoms with Crippen molar-refractivity contribution in [3.8, 4) is 0 Å². The zero-order valence-corrected chi connectivity index (χ0v) is 9.67. The molecule has 0 aliphatic carbocycles. The summed E-state index contributed by atoms with van der Waals surface area (Å²) in [5.41, 5.74) is 2.71. The van der Waals surface area contributed by atoms with E-state index in [0.717, 1.165) is 16.4 Å². The fourth-order valence-corrected chi connectivity index (χ4v) is 1.51. The van der Waals surface area contributed by atoms with Crippen molar-refractivity contribution in [2.24, 2.45) is 0 Å². The van der Waals surface area contributed by atoms with Crippen LogP contribution in [0.3, 0.4) is 0 Å². The van der Waals surface area contributed by atoms with E-state index in [9.17, 15) is 0 Å². The molecule has 74 valence electrons. The van der Waals surface area contributed by atoms with E-state index >= 15 is 0 Å². The van der Waals surface area contributed by atoms with Gasteiger partial charge in [-0.2, -0.15) is 10.3 Å². The number of fused-ring (bicyclic) bond motifs is 1.